The zero-order valence-corrected chi connectivity index (χ0v) is 14.9. The smallest absolute Gasteiger partial charge is 0.260 e. The van der Waals surface area contributed by atoms with Crippen LogP contribution in [0, 0.1) is 0 Å². The van der Waals surface area contributed by atoms with E-state index in [2.05, 4.69) is 28.1 Å². The van der Waals surface area contributed by atoms with Crippen molar-refractivity contribution in [3.63, 3.8) is 0 Å². The minimum Gasteiger partial charge on any atom is -0.483 e. The molecule has 120 valence electrons. The summed E-state index contributed by atoms with van der Waals surface area (Å²) in [6.45, 7) is 1.58. The lowest BCUT2D eigenvalue weighted by molar-refractivity contribution is -0.132. The summed E-state index contributed by atoms with van der Waals surface area (Å²) < 4.78 is 6.36. The molecule has 1 fully saturated rings. The zero-order chi connectivity index (χ0) is 16.2. The number of carbonyl (C=O) groups is 1. The van der Waals surface area contributed by atoms with Crippen LogP contribution < -0.4 is 4.74 Å². The van der Waals surface area contributed by atoms with Gasteiger partial charge in [0.2, 0.25) is 0 Å². The average molecular weight is 395 g/mol. The Morgan fingerprint density at radius 3 is 2.78 bits per heavy atom. The van der Waals surface area contributed by atoms with Crippen LogP contribution in [0.2, 0.25) is 5.02 Å². The molecule has 5 heteroatoms. The van der Waals surface area contributed by atoms with Gasteiger partial charge >= 0.3 is 0 Å². The third kappa shape index (κ3) is 4.06. The van der Waals surface area contributed by atoms with Gasteiger partial charge in [-0.1, -0.05) is 41.9 Å². The first-order chi connectivity index (χ1) is 11.1. The van der Waals surface area contributed by atoms with E-state index in [1.54, 1.807) is 18.2 Å². The van der Waals surface area contributed by atoms with Crippen LogP contribution in [-0.4, -0.2) is 30.5 Å². The van der Waals surface area contributed by atoms with Crippen molar-refractivity contribution in [3.05, 3.63) is 63.6 Å². The molecule has 2 aromatic carbocycles. The molecule has 1 heterocycles. The number of hydrogen-bond acceptors (Lipinski definition) is 2. The first-order valence-corrected chi connectivity index (χ1v) is 8.71. The first-order valence-electron chi connectivity index (χ1n) is 7.54. The van der Waals surface area contributed by atoms with Gasteiger partial charge in [0.15, 0.2) is 6.61 Å². The predicted molar refractivity (Wildman–Crippen MR) is 95.0 cm³/mol. The number of nitrogens with zero attached hydrogens (tertiary/aromatic N) is 1. The molecule has 1 atom stereocenters. The highest BCUT2D eigenvalue weighted by Crippen LogP contribution is 2.29. The fourth-order valence-electron chi connectivity index (χ4n) is 2.81. The molecular formula is C18H17BrClNO2. The lowest BCUT2D eigenvalue weighted by Crippen LogP contribution is -2.32. The van der Waals surface area contributed by atoms with Gasteiger partial charge in [0.1, 0.15) is 5.75 Å². The highest BCUT2D eigenvalue weighted by atomic mass is 79.9. The zero-order valence-electron chi connectivity index (χ0n) is 12.5. The lowest BCUT2D eigenvalue weighted by Gasteiger charge is -2.17. The molecular weight excluding hydrogens is 378 g/mol. The Hall–Kier alpha value is -1.52. The number of rotatable bonds is 4. The summed E-state index contributed by atoms with van der Waals surface area (Å²) in [5, 5.41) is 0.626. The van der Waals surface area contributed by atoms with Crippen LogP contribution in [0.1, 0.15) is 17.9 Å². The maximum absolute atomic E-state index is 12.3. The second-order valence-electron chi connectivity index (χ2n) is 5.60. The quantitative estimate of drug-likeness (QED) is 0.764. The van der Waals surface area contributed by atoms with Crippen LogP contribution >= 0.6 is 27.5 Å². The molecule has 0 unspecified atom stereocenters. The fraction of sp³-hybridized carbons (Fsp3) is 0.278. The van der Waals surface area contributed by atoms with Crippen LogP contribution in [0.25, 0.3) is 0 Å². The van der Waals surface area contributed by atoms with Crippen LogP contribution in [0.15, 0.2) is 53.0 Å². The maximum Gasteiger partial charge on any atom is 0.260 e. The third-order valence-electron chi connectivity index (χ3n) is 4.06. The number of hydrogen-bond donors (Lipinski definition) is 0. The number of benzene rings is 2. The van der Waals surface area contributed by atoms with Crippen molar-refractivity contribution in [1.29, 1.82) is 0 Å². The summed E-state index contributed by atoms with van der Waals surface area (Å²) in [6.07, 6.45) is 1.00. The standard InChI is InChI=1S/C18H17BrClNO2/c19-16-10-15(20)6-7-17(16)23-12-18(22)21-9-8-14(11-21)13-4-2-1-3-5-13/h1-7,10,14H,8-9,11-12H2/t14-/m0/s1. The number of carbonyl (C=O) groups excluding carboxylic acids is 1. The van der Waals surface area contributed by atoms with Crippen molar-refractivity contribution < 1.29 is 9.53 Å². The summed E-state index contributed by atoms with van der Waals surface area (Å²) in [5.41, 5.74) is 1.30. The van der Waals surface area contributed by atoms with E-state index in [1.165, 1.54) is 5.56 Å². The van der Waals surface area contributed by atoms with E-state index >= 15 is 0 Å². The largest absolute Gasteiger partial charge is 0.483 e. The number of likely N-dealkylation sites (tertiary alicyclic amines) is 1. The topological polar surface area (TPSA) is 29.5 Å². The van der Waals surface area contributed by atoms with Crippen molar-refractivity contribution in [2.45, 2.75) is 12.3 Å². The van der Waals surface area contributed by atoms with Gasteiger partial charge < -0.3 is 9.64 Å². The van der Waals surface area contributed by atoms with E-state index in [0.717, 1.165) is 24.0 Å². The third-order valence-corrected chi connectivity index (χ3v) is 4.91. The average Bonchev–Trinajstić information content (AvgIpc) is 3.05. The van der Waals surface area contributed by atoms with E-state index in [0.29, 0.717) is 16.7 Å². The first kappa shape index (κ1) is 16.3. The molecule has 0 aliphatic carbocycles. The highest BCUT2D eigenvalue weighted by molar-refractivity contribution is 9.10. The second-order valence-corrected chi connectivity index (χ2v) is 6.89. The van der Waals surface area contributed by atoms with Gasteiger partial charge in [-0.15, -0.1) is 0 Å². The van der Waals surface area contributed by atoms with Crippen molar-refractivity contribution in [2.75, 3.05) is 19.7 Å². The summed E-state index contributed by atoms with van der Waals surface area (Å²) in [4.78, 5) is 14.2. The summed E-state index contributed by atoms with van der Waals surface area (Å²) in [5.74, 6) is 1.06. The Bertz CT molecular complexity index is 693. The molecule has 0 aromatic heterocycles. The van der Waals surface area contributed by atoms with Gasteiger partial charge in [-0.05, 0) is 46.1 Å². The molecule has 1 saturated heterocycles. The molecule has 1 aliphatic rings. The van der Waals surface area contributed by atoms with Crippen LogP contribution in [-0.2, 0) is 4.79 Å². The van der Waals surface area contributed by atoms with Crippen molar-refractivity contribution >= 4 is 33.4 Å². The summed E-state index contributed by atoms with van der Waals surface area (Å²) >= 11 is 9.28. The molecule has 0 saturated carbocycles. The van der Waals surface area contributed by atoms with Gasteiger partial charge in [-0.25, -0.2) is 0 Å². The van der Waals surface area contributed by atoms with Gasteiger partial charge in [-0.3, -0.25) is 4.79 Å². The molecule has 3 nitrogen and oxygen atoms in total. The SMILES string of the molecule is O=C(COc1ccc(Cl)cc1Br)N1CC[C@H](c2ccccc2)C1. The Labute approximate surface area is 149 Å². The Morgan fingerprint density at radius 2 is 2.04 bits per heavy atom. The molecule has 0 spiro atoms. The van der Waals surface area contributed by atoms with Gasteiger partial charge in [0.05, 0.1) is 4.47 Å². The summed E-state index contributed by atoms with van der Waals surface area (Å²) in [6, 6.07) is 15.6. The molecule has 0 N–H and O–H groups in total. The highest BCUT2D eigenvalue weighted by Gasteiger charge is 2.27. The minimum atomic E-state index is 0.0188. The maximum atomic E-state index is 12.3. The number of ether oxygens (including phenoxy) is 1. The van der Waals surface area contributed by atoms with E-state index in [1.807, 2.05) is 23.1 Å². The van der Waals surface area contributed by atoms with Gasteiger partial charge in [0, 0.05) is 24.0 Å². The Kier molecular flexibility index (Phi) is 5.23. The molecule has 0 radical (unpaired) electrons. The number of halogens is 2. The van der Waals surface area contributed by atoms with Crippen LogP contribution in [0.4, 0.5) is 0 Å². The minimum absolute atomic E-state index is 0.0188. The van der Waals surface area contributed by atoms with Crippen molar-refractivity contribution in [3.8, 4) is 5.75 Å². The van der Waals surface area contributed by atoms with E-state index in [9.17, 15) is 4.79 Å². The van der Waals surface area contributed by atoms with Gasteiger partial charge in [0.25, 0.3) is 5.91 Å². The Balaban J connectivity index is 1.55. The van der Waals surface area contributed by atoms with Crippen LogP contribution in [0.3, 0.4) is 0 Å². The normalized spacial score (nSPS) is 17.3. The number of amides is 1. The molecule has 1 amide bonds. The molecule has 0 bridgehead atoms. The van der Waals surface area contributed by atoms with E-state index in [4.69, 9.17) is 16.3 Å². The fourth-order valence-corrected chi connectivity index (χ4v) is 3.60. The second kappa shape index (κ2) is 7.37. The predicted octanol–water partition coefficient (Wildman–Crippen LogP) is 4.50. The monoisotopic (exact) mass is 393 g/mol. The van der Waals surface area contributed by atoms with Crippen molar-refractivity contribution in [1.82, 2.24) is 4.90 Å². The van der Waals surface area contributed by atoms with Gasteiger partial charge in [-0.2, -0.15) is 0 Å². The Morgan fingerprint density at radius 1 is 1.26 bits per heavy atom. The van der Waals surface area contributed by atoms with Crippen molar-refractivity contribution in [2.24, 2.45) is 0 Å². The molecule has 3 rings (SSSR count). The van der Waals surface area contributed by atoms with Crippen LogP contribution in [0.5, 0.6) is 5.75 Å². The van der Waals surface area contributed by atoms with E-state index < -0.39 is 0 Å². The van der Waals surface area contributed by atoms with E-state index in [-0.39, 0.29) is 12.5 Å². The molecule has 1 aliphatic heterocycles. The molecule has 23 heavy (non-hydrogen) atoms. The summed E-state index contributed by atoms with van der Waals surface area (Å²) in [7, 11) is 0. The lowest BCUT2D eigenvalue weighted by atomic mass is 9.99. The molecule has 2 aromatic rings.